The Morgan fingerprint density at radius 2 is 1.69 bits per heavy atom. The zero-order valence-corrected chi connectivity index (χ0v) is 18.5. The first-order valence-electron chi connectivity index (χ1n) is 11.0. The van der Waals surface area contributed by atoms with Crippen molar-refractivity contribution in [1.29, 1.82) is 0 Å². The first-order chi connectivity index (χ1) is 15.5. The minimum absolute atomic E-state index is 0.134. The Balaban J connectivity index is 1.72. The average Bonchev–Trinajstić information content (AvgIpc) is 3.56. The molecule has 1 N–H and O–H groups in total. The predicted molar refractivity (Wildman–Crippen MR) is 121 cm³/mol. The molecular formula is C25H29N3O4. The fourth-order valence-electron chi connectivity index (χ4n) is 4.17. The average molecular weight is 436 g/mol. The first-order valence-corrected chi connectivity index (χ1v) is 11.0. The molecule has 3 aromatic rings. The molecule has 1 aliphatic rings. The molecule has 1 saturated carbocycles. The number of furan rings is 2. The van der Waals surface area contributed by atoms with E-state index in [0.29, 0.717) is 5.76 Å². The number of anilines is 1. The van der Waals surface area contributed by atoms with Gasteiger partial charge < -0.3 is 24.0 Å². The monoisotopic (exact) mass is 435 g/mol. The Bertz CT molecular complexity index is 1000. The summed E-state index contributed by atoms with van der Waals surface area (Å²) in [6.45, 7) is 0.144. The SMILES string of the molecule is CN(C)c1ccc(C(C(=O)NC2CCCC2)N(Cc2ccco2)C(=O)c2ccco2)cc1. The molecule has 2 heterocycles. The van der Waals surface area contributed by atoms with Crippen molar-refractivity contribution in [3.05, 3.63) is 78.1 Å². The van der Waals surface area contributed by atoms with Crippen molar-refractivity contribution in [3.63, 3.8) is 0 Å². The predicted octanol–water partition coefficient (Wildman–Crippen LogP) is 4.38. The fraction of sp³-hybridized carbons (Fsp3) is 0.360. The third kappa shape index (κ3) is 4.88. The van der Waals surface area contributed by atoms with Gasteiger partial charge in [-0.2, -0.15) is 0 Å². The van der Waals surface area contributed by atoms with E-state index in [0.717, 1.165) is 36.9 Å². The van der Waals surface area contributed by atoms with Crippen molar-refractivity contribution in [3.8, 4) is 0 Å². The van der Waals surface area contributed by atoms with E-state index in [1.807, 2.05) is 43.3 Å². The second-order valence-electron chi connectivity index (χ2n) is 8.37. The lowest BCUT2D eigenvalue weighted by molar-refractivity contribution is -0.126. The molecule has 0 saturated heterocycles. The van der Waals surface area contributed by atoms with Gasteiger partial charge in [-0.05, 0) is 54.8 Å². The van der Waals surface area contributed by atoms with E-state index in [9.17, 15) is 9.59 Å². The number of nitrogens with one attached hydrogen (secondary N) is 1. The van der Waals surface area contributed by atoms with Gasteiger partial charge in [0.05, 0.1) is 19.1 Å². The van der Waals surface area contributed by atoms with Crippen LogP contribution in [0, 0.1) is 0 Å². The molecule has 0 radical (unpaired) electrons. The largest absolute Gasteiger partial charge is 0.467 e. The minimum atomic E-state index is -0.825. The minimum Gasteiger partial charge on any atom is -0.467 e. The van der Waals surface area contributed by atoms with Gasteiger partial charge in [-0.3, -0.25) is 9.59 Å². The molecule has 1 unspecified atom stereocenters. The maximum atomic E-state index is 13.6. The zero-order valence-electron chi connectivity index (χ0n) is 18.5. The summed E-state index contributed by atoms with van der Waals surface area (Å²) >= 11 is 0. The van der Waals surface area contributed by atoms with Crippen LogP contribution in [0.2, 0.25) is 0 Å². The van der Waals surface area contributed by atoms with Crippen LogP contribution in [-0.4, -0.2) is 36.9 Å². The lowest BCUT2D eigenvalue weighted by Crippen LogP contribution is -2.45. The van der Waals surface area contributed by atoms with Gasteiger partial charge in [0.25, 0.3) is 5.91 Å². The quantitative estimate of drug-likeness (QED) is 0.568. The summed E-state index contributed by atoms with van der Waals surface area (Å²) in [6, 6.07) is 13.9. The van der Waals surface area contributed by atoms with E-state index in [1.54, 1.807) is 30.5 Å². The number of nitrogens with zero attached hydrogens (tertiary/aromatic N) is 2. The molecule has 7 nitrogen and oxygen atoms in total. The van der Waals surface area contributed by atoms with Gasteiger partial charge in [0.15, 0.2) is 5.76 Å². The van der Waals surface area contributed by atoms with Gasteiger partial charge >= 0.3 is 0 Å². The van der Waals surface area contributed by atoms with E-state index in [2.05, 4.69) is 5.32 Å². The van der Waals surface area contributed by atoms with Gasteiger partial charge in [-0.15, -0.1) is 0 Å². The highest BCUT2D eigenvalue weighted by atomic mass is 16.3. The van der Waals surface area contributed by atoms with Gasteiger partial charge in [-0.25, -0.2) is 0 Å². The lowest BCUT2D eigenvalue weighted by Gasteiger charge is -2.31. The highest BCUT2D eigenvalue weighted by Crippen LogP contribution is 2.29. The number of carbonyl (C=O) groups is 2. The second kappa shape index (κ2) is 9.77. The zero-order chi connectivity index (χ0) is 22.5. The molecule has 1 atom stereocenters. The standard InChI is InChI=1S/C25H29N3O4/c1-27(2)20-13-11-18(12-14-20)23(24(29)26-19-7-3-4-8-19)28(17-21-9-5-15-31-21)25(30)22-10-6-16-32-22/h5-6,9-16,19,23H,3-4,7-8,17H2,1-2H3,(H,26,29). The Morgan fingerprint density at radius 3 is 2.28 bits per heavy atom. The molecule has 0 aliphatic heterocycles. The summed E-state index contributed by atoms with van der Waals surface area (Å²) < 4.78 is 10.9. The van der Waals surface area contributed by atoms with E-state index in [4.69, 9.17) is 8.83 Å². The highest BCUT2D eigenvalue weighted by molar-refractivity contribution is 5.96. The van der Waals surface area contributed by atoms with Crippen molar-refractivity contribution in [2.75, 3.05) is 19.0 Å². The number of amides is 2. The summed E-state index contributed by atoms with van der Waals surface area (Å²) in [5, 5.41) is 3.17. The van der Waals surface area contributed by atoms with Crippen LogP contribution in [0.5, 0.6) is 0 Å². The van der Waals surface area contributed by atoms with Crippen LogP contribution in [0.25, 0.3) is 0 Å². The smallest absolute Gasteiger partial charge is 0.290 e. The van der Waals surface area contributed by atoms with Gasteiger partial charge in [0, 0.05) is 25.8 Å². The van der Waals surface area contributed by atoms with Crippen LogP contribution in [0.1, 0.15) is 53.6 Å². The second-order valence-corrected chi connectivity index (χ2v) is 8.37. The summed E-state index contributed by atoms with van der Waals surface area (Å²) in [5.41, 5.74) is 1.75. The van der Waals surface area contributed by atoms with Gasteiger partial charge in [0.2, 0.25) is 5.91 Å². The molecule has 2 aromatic heterocycles. The number of rotatable bonds is 8. The van der Waals surface area contributed by atoms with Crippen molar-refractivity contribution in [2.45, 2.75) is 44.3 Å². The molecule has 7 heteroatoms. The number of benzene rings is 1. The molecule has 1 aromatic carbocycles. The number of hydrogen-bond donors (Lipinski definition) is 1. The summed E-state index contributed by atoms with van der Waals surface area (Å²) in [6.07, 6.45) is 7.15. The van der Waals surface area contributed by atoms with E-state index in [1.165, 1.54) is 11.2 Å². The molecule has 168 valence electrons. The topological polar surface area (TPSA) is 78.9 Å². The van der Waals surface area contributed by atoms with E-state index in [-0.39, 0.29) is 30.2 Å². The van der Waals surface area contributed by atoms with Crippen LogP contribution in [0.4, 0.5) is 5.69 Å². The van der Waals surface area contributed by atoms with Gasteiger partial charge in [-0.1, -0.05) is 25.0 Å². The molecule has 2 amide bonds. The third-order valence-electron chi connectivity index (χ3n) is 5.89. The van der Waals surface area contributed by atoms with Crippen molar-refractivity contribution in [1.82, 2.24) is 10.2 Å². The summed E-state index contributed by atoms with van der Waals surface area (Å²) in [4.78, 5) is 30.6. The Morgan fingerprint density at radius 1 is 1.00 bits per heavy atom. The Hall–Kier alpha value is -3.48. The van der Waals surface area contributed by atoms with Crippen LogP contribution >= 0.6 is 0 Å². The van der Waals surface area contributed by atoms with Crippen LogP contribution < -0.4 is 10.2 Å². The molecular weight excluding hydrogens is 406 g/mol. The molecule has 1 aliphatic carbocycles. The summed E-state index contributed by atoms with van der Waals surface area (Å²) in [7, 11) is 3.92. The Labute approximate surface area is 188 Å². The Kier molecular flexibility index (Phi) is 6.63. The maximum Gasteiger partial charge on any atom is 0.290 e. The molecule has 32 heavy (non-hydrogen) atoms. The first kappa shape index (κ1) is 21.7. The van der Waals surface area contributed by atoms with Crippen molar-refractivity contribution in [2.24, 2.45) is 0 Å². The number of hydrogen-bond acceptors (Lipinski definition) is 5. The normalized spacial score (nSPS) is 14.8. The van der Waals surface area contributed by atoms with Gasteiger partial charge in [0.1, 0.15) is 11.8 Å². The maximum absolute atomic E-state index is 13.6. The van der Waals surface area contributed by atoms with Crippen LogP contribution in [-0.2, 0) is 11.3 Å². The number of carbonyl (C=O) groups excluding carboxylic acids is 2. The van der Waals surface area contributed by atoms with Crippen LogP contribution in [0.3, 0.4) is 0 Å². The van der Waals surface area contributed by atoms with Crippen LogP contribution in [0.15, 0.2) is 69.9 Å². The fourth-order valence-corrected chi connectivity index (χ4v) is 4.17. The molecule has 1 fully saturated rings. The molecule has 4 rings (SSSR count). The molecule has 0 spiro atoms. The van der Waals surface area contributed by atoms with E-state index < -0.39 is 6.04 Å². The lowest BCUT2D eigenvalue weighted by atomic mass is 10.0. The molecule has 0 bridgehead atoms. The third-order valence-corrected chi connectivity index (χ3v) is 5.89. The highest BCUT2D eigenvalue weighted by Gasteiger charge is 2.35. The summed E-state index contributed by atoms with van der Waals surface area (Å²) in [5.74, 6) is 0.212. The van der Waals surface area contributed by atoms with Crippen molar-refractivity contribution < 1.29 is 18.4 Å². The van der Waals surface area contributed by atoms with Crippen molar-refractivity contribution >= 4 is 17.5 Å². The van der Waals surface area contributed by atoms with E-state index >= 15 is 0 Å².